The molecule has 0 aliphatic rings. The first-order valence-corrected chi connectivity index (χ1v) is 12.3. The Morgan fingerprint density at radius 3 is 1.81 bits per heavy atom. The molecule has 0 aliphatic carbocycles. The van der Waals surface area contributed by atoms with Gasteiger partial charge in [-0.2, -0.15) is 0 Å². The molecule has 3 rings (SSSR count). The van der Waals surface area contributed by atoms with Crippen LogP contribution in [0.5, 0.6) is 0 Å². The SMILES string of the molecule is NS(=O)(=O)c1cc(S(=O)(=O)[O-])c(NCc2ccccc2)cc1Cl.[NH3+]Cc1ccccc1. The maximum atomic E-state index is 11.4. The fourth-order valence-electron chi connectivity index (χ4n) is 2.54. The van der Waals surface area contributed by atoms with E-state index in [2.05, 4.69) is 23.2 Å². The average Bonchev–Trinajstić information content (AvgIpc) is 2.72. The van der Waals surface area contributed by atoms with Crippen molar-refractivity contribution in [2.24, 2.45) is 5.14 Å². The molecule has 0 spiro atoms. The molecule has 0 bridgehead atoms. The minimum absolute atomic E-state index is 0.0961. The van der Waals surface area contributed by atoms with Crippen molar-refractivity contribution in [2.45, 2.75) is 22.9 Å². The van der Waals surface area contributed by atoms with Gasteiger partial charge < -0.3 is 15.6 Å². The van der Waals surface area contributed by atoms with Crippen molar-refractivity contribution in [2.75, 3.05) is 5.32 Å². The molecular formula is C20H22ClN3O5S2. The number of quaternary nitrogens is 1. The van der Waals surface area contributed by atoms with Gasteiger partial charge in [-0.05, 0) is 17.7 Å². The van der Waals surface area contributed by atoms with Gasteiger partial charge in [0.25, 0.3) is 0 Å². The molecular weight excluding hydrogens is 462 g/mol. The normalized spacial score (nSPS) is 11.4. The zero-order chi connectivity index (χ0) is 23.1. The zero-order valence-corrected chi connectivity index (χ0v) is 18.8. The Bertz CT molecular complexity index is 1220. The van der Waals surface area contributed by atoms with Crippen molar-refractivity contribution in [1.82, 2.24) is 0 Å². The molecule has 0 radical (unpaired) electrons. The summed E-state index contributed by atoms with van der Waals surface area (Å²) in [6, 6.07) is 20.9. The van der Waals surface area contributed by atoms with E-state index in [1.165, 1.54) is 5.56 Å². The second kappa shape index (κ2) is 10.7. The van der Waals surface area contributed by atoms with Crippen molar-refractivity contribution in [3.63, 3.8) is 0 Å². The molecule has 11 heteroatoms. The van der Waals surface area contributed by atoms with Crippen LogP contribution in [0.3, 0.4) is 0 Å². The van der Waals surface area contributed by atoms with Gasteiger partial charge in [-0.25, -0.2) is 22.0 Å². The van der Waals surface area contributed by atoms with Gasteiger partial charge in [-0.3, -0.25) is 0 Å². The summed E-state index contributed by atoms with van der Waals surface area (Å²) < 4.78 is 56.9. The molecule has 0 aliphatic heterocycles. The second-order valence-corrected chi connectivity index (χ2v) is 9.64. The lowest BCUT2D eigenvalue weighted by atomic mass is 10.2. The molecule has 0 unspecified atom stereocenters. The predicted octanol–water partition coefficient (Wildman–Crippen LogP) is 1.93. The molecule has 0 amide bonds. The van der Waals surface area contributed by atoms with Gasteiger partial charge in [0.1, 0.15) is 15.0 Å². The Balaban J connectivity index is 0.000000357. The maximum absolute atomic E-state index is 11.4. The van der Waals surface area contributed by atoms with E-state index in [4.69, 9.17) is 16.7 Å². The van der Waals surface area contributed by atoms with E-state index < -0.39 is 29.9 Å². The molecule has 6 N–H and O–H groups in total. The fourth-order valence-corrected chi connectivity index (χ4v) is 4.37. The van der Waals surface area contributed by atoms with Crippen LogP contribution in [-0.2, 0) is 33.2 Å². The average molecular weight is 484 g/mol. The van der Waals surface area contributed by atoms with Gasteiger partial charge in [0.05, 0.1) is 22.2 Å². The van der Waals surface area contributed by atoms with Gasteiger partial charge in [0.15, 0.2) is 0 Å². The number of anilines is 1. The molecule has 0 fully saturated rings. The highest BCUT2D eigenvalue weighted by Gasteiger charge is 2.19. The summed E-state index contributed by atoms with van der Waals surface area (Å²) in [6.45, 7) is 1.11. The number of hydrogen-bond donors (Lipinski definition) is 3. The monoisotopic (exact) mass is 483 g/mol. The van der Waals surface area contributed by atoms with E-state index in [9.17, 15) is 21.4 Å². The van der Waals surface area contributed by atoms with Crippen LogP contribution in [-0.4, -0.2) is 21.4 Å². The van der Waals surface area contributed by atoms with Crippen molar-refractivity contribution in [3.05, 3.63) is 88.9 Å². The van der Waals surface area contributed by atoms with Crippen LogP contribution in [0.4, 0.5) is 5.69 Å². The molecule has 0 saturated heterocycles. The number of sulfonamides is 1. The molecule has 166 valence electrons. The minimum Gasteiger partial charge on any atom is -0.744 e. The number of primary sulfonamides is 1. The third kappa shape index (κ3) is 7.62. The minimum atomic E-state index is -4.93. The molecule has 8 nitrogen and oxygen atoms in total. The molecule has 0 heterocycles. The van der Waals surface area contributed by atoms with Gasteiger partial charge in [0.2, 0.25) is 10.0 Å². The highest BCUT2D eigenvalue weighted by atomic mass is 35.5. The summed E-state index contributed by atoms with van der Waals surface area (Å²) in [5.74, 6) is 0. The van der Waals surface area contributed by atoms with E-state index in [0.29, 0.717) is 6.07 Å². The van der Waals surface area contributed by atoms with Crippen molar-refractivity contribution < 1.29 is 27.1 Å². The molecule has 0 saturated carbocycles. The van der Waals surface area contributed by atoms with E-state index >= 15 is 0 Å². The topological polar surface area (TPSA) is 157 Å². The maximum Gasteiger partial charge on any atom is 0.239 e. The molecule has 3 aromatic rings. The van der Waals surface area contributed by atoms with Gasteiger partial charge in [0, 0.05) is 12.1 Å². The smallest absolute Gasteiger partial charge is 0.239 e. The third-order valence-corrected chi connectivity index (χ3v) is 6.32. The lowest BCUT2D eigenvalue weighted by Gasteiger charge is -2.17. The lowest BCUT2D eigenvalue weighted by molar-refractivity contribution is -0.386. The summed E-state index contributed by atoms with van der Waals surface area (Å²) in [4.78, 5) is -1.36. The Hall–Kier alpha value is -2.47. The first kappa shape index (κ1) is 24.8. The summed E-state index contributed by atoms with van der Waals surface area (Å²) in [5, 5.41) is 7.43. The largest absolute Gasteiger partial charge is 0.744 e. The summed E-state index contributed by atoms with van der Waals surface area (Å²) in [6.07, 6.45) is 0. The number of rotatable bonds is 6. The van der Waals surface area contributed by atoms with Gasteiger partial charge >= 0.3 is 0 Å². The second-order valence-electron chi connectivity index (χ2n) is 6.35. The summed E-state index contributed by atoms with van der Waals surface area (Å²) >= 11 is 5.82. The van der Waals surface area contributed by atoms with Crippen LogP contribution in [0.1, 0.15) is 11.1 Å². The fraction of sp³-hybridized carbons (Fsp3) is 0.100. The number of halogens is 1. The van der Waals surface area contributed by atoms with Crippen molar-refractivity contribution in [1.29, 1.82) is 0 Å². The van der Waals surface area contributed by atoms with E-state index in [1.54, 1.807) is 24.3 Å². The Morgan fingerprint density at radius 2 is 1.39 bits per heavy atom. The van der Waals surface area contributed by atoms with Gasteiger partial charge in [-0.1, -0.05) is 72.3 Å². The number of hydrogen-bond acceptors (Lipinski definition) is 6. The van der Waals surface area contributed by atoms with Crippen LogP contribution < -0.4 is 16.2 Å². The highest BCUT2D eigenvalue weighted by molar-refractivity contribution is 7.89. The van der Waals surface area contributed by atoms with Crippen LogP contribution in [0.2, 0.25) is 5.02 Å². The Morgan fingerprint density at radius 1 is 0.871 bits per heavy atom. The Labute approximate surface area is 186 Å². The van der Waals surface area contributed by atoms with Crippen LogP contribution in [0.15, 0.2) is 82.6 Å². The third-order valence-electron chi connectivity index (χ3n) is 4.07. The van der Waals surface area contributed by atoms with Gasteiger partial charge in [-0.15, -0.1) is 0 Å². The molecule has 3 aromatic carbocycles. The van der Waals surface area contributed by atoms with Crippen LogP contribution in [0, 0.1) is 0 Å². The first-order valence-electron chi connectivity index (χ1n) is 8.95. The van der Waals surface area contributed by atoms with Crippen molar-refractivity contribution >= 4 is 37.4 Å². The zero-order valence-electron chi connectivity index (χ0n) is 16.4. The van der Waals surface area contributed by atoms with Crippen LogP contribution in [0.25, 0.3) is 0 Å². The Kier molecular flexibility index (Phi) is 8.57. The quantitative estimate of drug-likeness (QED) is 0.454. The van der Waals surface area contributed by atoms with Crippen molar-refractivity contribution in [3.8, 4) is 0 Å². The van der Waals surface area contributed by atoms with E-state index in [1.807, 2.05) is 24.3 Å². The molecule has 0 aromatic heterocycles. The van der Waals surface area contributed by atoms with E-state index in [-0.39, 0.29) is 17.3 Å². The predicted molar refractivity (Wildman–Crippen MR) is 118 cm³/mol. The first-order chi connectivity index (χ1) is 14.5. The summed E-state index contributed by atoms with van der Waals surface area (Å²) in [7, 11) is -9.19. The number of nitrogens with one attached hydrogen (secondary N) is 1. The number of benzene rings is 3. The summed E-state index contributed by atoms with van der Waals surface area (Å²) in [5.41, 5.74) is 5.79. The van der Waals surface area contributed by atoms with Crippen LogP contribution >= 0.6 is 11.6 Å². The molecule has 0 atom stereocenters. The lowest BCUT2D eigenvalue weighted by Crippen LogP contribution is -2.47. The molecule has 31 heavy (non-hydrogen) atoms. The highest BCUT2D eigenvalue weighted by Crippen LogP contribution is 2.31. The standard InChI is InChI=1S/C13H13ClN2O5S2.C7H9N/c14-10-6-11(16-8-9-4-2-1-3-5-9)13(23(19,20)21)7-12(10)22(15,17)18;8-6-7-4-2-1-3-5-7/h1-7,16H,8H2,(H2,15,17,18)(H,19,20,21);1-5H,6,8H2. The van der Waals surface area contributed by atoms with E-state index in [0.717, 1.165) is 18.2 Å². The number of nitrogens with two attached hydrogens (primary N) is 1.